The second-order valence-electron chi connectivity index (χ2n) is 4.39. The van der Waals surface area contributed by atoms with Gasteiger partial charge in [-0.3, -0.25) is 4.79 Å². The maximum atomic E-state index is 12.1. The summed E-state index contributed by atoms with van der Waals surface area (Å²) in [5, 5.41) is 0. The molecule has 3 nitrogen and oxygen atoms in total. The highest BCUT2D eigenvalue weighted by Gasteiger charge is 2.12. The number of aryl methyl sites for hydroxylation is 1. The van der Waals surface area contributed by atoms with Crippen LogP contribution in [0.15, 0.2) is 36.4 Å². The van der Waals surface area contributed by atoms with E-state index in [1.807, 2.05) is 55.3 Å². The Bertz CT molecular complexity index is 577. The molecule has 0 aliphatic heterocycles. The first-order chi connectivity index (χ1) is 9.10. The molecule has 0 amide bonds. The molecule has 0 radical (unpaired) electrons. The molecule has 2 rings (SSSR count). The molecule has 2 aromatic rings. The van der Waals surface area contributed by atoms with Gasteiger partial charge in [-0.05, 0) is 31.2 Å². The van der Waals surface area contributed by atoms with Crippen molar-refractivity contribution in [3.63, 3.8) is 0 Å². The summed E-state index contributed by atoms with van der Waals surface area (Å²) >= 11 is 1.54. The summed E-state index contributed by atoms with van der Waals surface area (Å²) in [6, 6.07) is 11.6. The molecule has 0 N–H and O–H groups in total. The molecule has 0 spiro atoms. The number of carbonyl (C=O) groups is 1. The van der Waals surface area contributed by atoms with Crippen LogP contribution in [0.1, 0.15) is 14.5 Å². The number of likely N-dealkylation sites (N-methyl/N-ethyl adjacent to an activating group) is 1. The van der Waals surface area contributed by atoms with E-state index in [4.69, 9.17) is 4.74 Å². The summed E-state index contributed by atoms with van der Waals surface area (Å²) in [5.41, 5.74) is 0.973. The van der Waals surface area contributed by atoms with Crippen LogP contribution >= 0.6 is 11.3 Å². The molecule has 0 saturated carbocycles. The molecule has 0 aliphatic rings. The molecule has 0 saturated heterocycles. The van der Waals surface area contributed by atoms with E-state index >= 15 is 0 Å². The number of ether oxygens (including phenoxy) is 1. The van der Waals surface area contributed by atoms with Crippen LogP contribution in [0.4, 0.5) is 5.69 Å². The average molecular weight is 275 g/mol. The van der Waals surface area contributed by atoms with Gasteiger partial charge in [0, 0.05) is 23.7 Å². The molecule has 1 heterocycles. The van der Waals surface area contributed by atoms with Crippen LogP contribution < -0.4 is 9.64 Å². The second kappa shape index (κ2) is 5.89. The largest absolute Gasteiger partial charge is 0.497 e. The number of thiophene rings is 1. The number of hydrogen-bond acceptors (Lipinski definition) is 4. The lowest BCUT2D eigenvalue weighted by molar-refractivity contribution is 0.100. The highest BCUT2D eigenvalue weighted by atomic mass is 32.1. The van der Waals surface area contributed by atoms with Gasteiger partial charge in [0.2, 0.25) is 0 Å². The van der Waals surface area contributed by atoms with Crippen LogP contribution in [0.2, 0.25) is 0 Å². The smallest absolute Gasteiger partial charge is 0.191 e. The lowest BCUT2D eigenvalue weighted by Crippen LogP contribution is -2.25. The van der Waals surface area contributed by atoms with E-state index in [0.29, 0.717) is 6.54 Å². The zero-order valence-electron chi connectivity index (χ0n) is 11.3. The third-order valence-electron chi connectivity index (χ3n) is 2.89. The molecule has 0 aliphatic carbocycles. The van der Waals surface area contributed by atoms with Gasteiger partial charge in [0.25, 0.3) is 0 Å². The van der Waals surface area contributed by atoms with Crippen LogP contribution in [0.25, 0.3) is 0 Å². The number of ketones is 1. The van der Waals surface area contributed by atoms with Crippen molar-refractivity contribution in [2.45, 2.75) is 6.92 Å². The fourth-order valence-corrected chi connectivity index (χ4v) is 2.61. The zero-order valence-corrected chi connectivity index (χ0v) is 12.2. The molecular formula is C15H17NO2S. The van der Waals surface area contributed by atoms with Crippen LogP contribution in [-0.2, 0) is 0 Å². The van der Waals surface area contributed by atoms with Gasteiger partial charge in [-0.2, -0.15) is 0 Å². The van der Waals surface area contributed by atoms with E-state index in [0.717, 1.165) is 21.2 Å². The van der Waals surface area contributed by atoms with Crippen molar-refractivity contribution in [2.75, 3.05) is 25.6 Å². The van der Waals surface area contributed by atoms with E-state index in [2.05, 4.69) is 0 Å². The Morgan fingerprint density at radius 1 is 1.32 bits per heavy atom. The minimum atomic E-state index is 0.142. The van der Waals surface area contributed by atoms with Crippen LogP contribution in [0.5, 0.6) is 5.75 Å². The Morgan fingerprint density at radius 3 is 2.74 bits per heavy atom. The van der Waals surface area contributed by atoms with E-state index in [9.17, 15) is 4.79 Å². The summed E-state index contributed by atoms with van der Waals surface area (Å²) in [4.78, 5) is 16.0. The Morgan fingerprint density at radius 2 is 2.11 bits per heavy atom. The van der Waals surface area contributed by atoms with Gasteiger partial charge >= 0.3 is 0 Å². The quantitative estimate of drug-likeness (QED) is 0.783. The monoisotopic (exact) mass is 275 g/mol. The van der Waals surface area contributed by atoms with Crippen molar-refractivity contribution in [1.29, 1.82) is 0 Å². The van der Waals surface area contributed by atoms with Gasteiger partial charge in [-0.25, -0.2) is 0 Å². The predicted molar refractivity (Wildman–Crippen MR) is 79.7 cm³/mol. The summed E-state index contributed by atoms with van der Waals surface area (Å²) in [5.74, 6) is 0.937. The summed E-state index contributed by atoms with van der Waals surface area (Å²) in [6.07, 6.45) is 0. The highest BCUT2D eigenvalue weighted by molar-refractivity contribution is 7.14. The van der Waals surface area contributed by atoms with E-state index in [1.54, 1.807) is 7.11 Å². The molecule has 0 unspecified atom stereocenters. The van der Waals surface area contributed by atoms with Crippen molar-refractivity contribution in [1.82, 2.24) is 0 Å². The molecule has 1 aromatic heterocycles. The predicted octanol–water partition coefficient (Wildman–Crippen LogP) is 3.38. The van der Waals surface area contributed by atoms with Gasteiger partial charge in [-0.1, -0.05) is 6.07 Å². The van der Waals surface area contributed by atoms with Crippen molar-refractivity contribution in [3.8, 4) is 5.75 Å². The number of methoxy groups -OCH3 is 1. The minimum absolute atomic E-state index is 0.142. The maximum Gasteiger partial charge on any atom is 0.191 e. The van der Waals surface area contributed by atoms with Gasteiger partial charge in [0.1, 0.15) is 5.75 Å². The molecular weight excluding hydrogens is 258 g/mol. The fourth-order valence-electron chi connectivity index (χ4n) is 1.82. The van der Waals surface area contributed by atoms with Crippen molar-refractivity contribution < 1.29 is 9.53 Å². The lowest BCUT2D eigenvalue weighted by atomic mass is 10.2. The molecule has 19 heavy (non-hydrogen) atoms. The standard InChI is InChI=1S/C15H17NO2S/c1-11-7-8-15(19-11)14(17)10-16(2)12-5-4-6-13(9-12)18-3/h4-9H,10H2,1-3H3. The molecule has 0 fully saturated rings. The molecule has 100 valence electrons. The first-order valence-electron chi connectivity index (χ1n) is 6.05. The van der Waals surface area contributed by atoms with E-state index in [-0.39, 0.29) is 5.78 Å². The van der Waals surface area contributed by atoms with Gasteiger partial charge in [0.05, 0.1) is 18.5 Å². The number of hydrogen-bond donors (Lipinski definition) is 0. The normalized spacial score (nSPS) is 10.3. The fraction of sp³-hybridized carbons (Fsp3) is 0.267. The van der Waals surface area contributed by atoms with Gasteiger partial charge in [-0.15, -0.1) is 11.3 Å². The van der Waals surface area contributed by atoms with Crippen LogP contribution in [-0.4, -0.2) is 26.5 Å². The first-order valence-corrected chi connectivity index (χ1v) is 6.86. The number of nitrogens with zero attached hydrogens (tertiary/aromatic N) is 1. The Balaban J connectivity index is 2.08. The van der Waals surface area contributed by atoms with Crippen LogP contribution in [0, 0.1) is 6.92 Å². The van der Waals surface area contributed by atoms with Gasteiger partial charge < -0.3 is 9.64 Å². The molecule has 1 aromatic carbocycles. The number of anilines is 1. The molecule has 0 atom stereocenters. The molecule has 0 bridgehead atoms. The van der Waals surface area contributed by atoms with Crippen molar-refractivity contribution >= 4 is 22.8 Å². The summed E-state index contributed by atoms with van der Waals surface area (Å²) < 4.78 is 5.19. The number of benzene rings is 1. The van der Waals surface area contributed by atoms with Gasteiger partial charge in [0.15, 0.2) is 5.78 Å². The summed E-state index contributed by atoms with van der Waals surface area (Å²) in [7, 11) is 3.55. The summed E-state index contributed by atoms with van der Waals surface area (Å²) in [6.45, 7) is 2.38. The van der Waals surface area contributed by atoms with E-state index < -0.39 is 0 Å². The third-order valence-corrected chi connectivity index (χ3v) is 3.93. The first kappa shape index (κ1) is 13.6. The topological polar surface area (TPSA) is 29.5 Å². The second-order valence-corrected chi connectivity index (χ2v) is 5.68. The molecule has 4 heteroatoms. The number of Topliss-reactive ketones (excluding diaryl/α,β-unsaturated/α-hetero) is 1. The van der Waals surface area contributed by atoms with E-state index in [1.165, 1.54) is 11.3 Å². The Hall–Kier alpha value is -1.81. The highest BCUT2D eigenvalue weighted by Crippen LogP contribution is 2.21. The Labute approximate surface area is 117 Å². The van der Waals surface area contributed by atoms with Crippen molar-refractivity contribution in [3.05, 3.63) is 46.2 Å². The van der Waals surface area contributed by atoms with Crippen LogP contribution in [0.3, 0.4) is 0 Å². The Kier molecular flexibility index (Phi) is 4.22. The van der Waals surface area contributed by atoms with Crippen molar-refractivity contribution in [2.24, 2.45) is 0 Å². The average Bonchev–Trinajstić information content (AvgIpc) is 2.85. The SMILES string of the molecule is COc1cccc(N(C)CC(=O)c2ccc(C)s2)c1. The maximum absolute atomic E-state index is 12.1. The lowest BCUT2D eigenvalue weighted by Gasteiger charge is -2.18. The number of carbonyl (C=O) groups excluding carboxylic acids is 1. The zero-order chi connectivity index (χ0) is 13.8. The number of rotatable bonds is 5. The minimum Gasteiger partial charge on any atom is -0.497 e. The third kappa shape index (κ3) is 3.35.